The lowest BCUT2D eigenvalue weighted by Crippen LogP contribution is -2.37. The molecule has 1 heterocycles. The maximum Gasteiger partial charge on any atom is 0.414 e. The van der Waals surface area contributed by atoms with Crippen LogP contribution in [0.15, 0.2) is 29.4 Å². The predicted octanol–water partition coefficient (Wildman–Crippen LogP) is 1.84. The first-order chi connectivity index (χ1) is 7.77. The van der Waals surface area contributed by atoms with Gasteiger partial charge in [0, 0.05) is 18.5 Å². The van der Waals surface area contributed by atoms with Crippen LogP contribution < -0.4 is 4.90 Å². The van der Waals surface area contributed by atoms with Crippen molar-refractivity contribution in [1.82, 2.24) is 0 Å². The van der Waals surface area contributed by atoms with Gasteiger partial charge in [-0.25, -0.2) is 4.79 Å². The fourth-order valence-electron chi connectivity index (χ4n) is 1.83. The fourth-order valence-corrected chi connectivity index (χ4v) is 1.83. The van der Waals surface area contributed by atoms with Gasteiger partial charge in [-0.15, -0.1) is 0 Å². The zero-order valence-electron chi connectivity index (χ0n) is 8.88. The molecule has 0 atom stereocenters. The number of anilines is 1. The number of oxime groups is 1. The lowest BCUT2D eigenvalue weighted by atomic mass is 10.0. The second-order valence-corrected chi connectivity index (χ2v) is 3.44. The Morgan fingerprint density at radius 2 is 2.25 bits per heavy atom. The van der Waals surface area contributed by atoms with E-state index in [9.17, 15) is 4.79 Å². The lowest BCUT2D eigenvalue weighted by Gasteiger charge is -2.28. The second-order valence-electron chi connectivity index (χ2n) is 3.44. The van der Waals surface area contributed by atoms with Crippen LogP contribution in [0.2, 0.25) is 0 Å². The first-order valence-electron chi connectivity index (χ1n) is 4.93. The normalized spacial score (nSPS) is 17.1. The standard InChI is InChI=1S/C11H12N2O3/c1-16-11(14)13-7-6-9(12-15)8-4-2-3-5-10(8)13/h2-5,15H,6-7H2,1H3. The summed E-state index contributed by atoms with van der Waals surface area (Å²) < 4.78 is 4.70. The van der Waals surface area contributed by atoms with Gasteiger partial charge in [0.05, 0.1) is 18.5 Å². The van der Waals surface area contributed by atoms with Gasteiger partial charge in [0.25, 0.3) is 0 Å². The molecular weight excluding hydrogens is 208 g/mol. The van der Waals surface area contributed by atoms with Crippen molar-refractivity contribution in [2.75, 3.05) is 18.6 Å². The zero-order chi connectivity index (χ0) is 11.5. The maximum atomic E-state index is 11.5. The average Bonchev–Trinajstić information content (AvgIpc) is 2.36. The van der Waals surface area contributed by atoms with Crippen molar-refractivity contribution in [3.05, 3.63) is 29.8 Å². The number of hydrogen-bond acceptors (Lipinski definition) is 4. The molecule has 1 aliphatic heterocycles. The highest BCUT2D eigenvalue weighted by Crippen LogP contribution is 2.27. The SMILES string of the molecule is COC(=O)N1CCC(=NO)c2ccccc21. The van der Waals surface area contributed by atoms with Crippen molar-refractivity contribution in [3.8, 4) is 0 Å². The molecule has 1 aromatic carbocycles. The van der Waals surface area contributed by atoms with Crippen molar-refractivity contribution in [2.45, 2.75) is 6.42 Å². The van der Waals surface area contributed by atoms with Crippen LogP contribution in [-0.4, -0.2) is 30.7 Å². The topological polar surface area (TPSA) is 62.1 Å². The highest BCUT2D eigenvalue weighted by Gasteiger charge is 2.26. The van der Waals surface area contributed by atoms with Gasteiger partial charge in [0.15, 0.2) is 0 Å². The molecule has 5 nitrogen and oxygen atoms in total. The van der Waals surface area contributed by atoms with Gasteiger partial charge in [-0.1, -0.05) is 23.4 Å². The Labute approximate surface area is 92.9 Å². The van der Waals surface area contributed by atoms with E-state index in [-0.39, 0.29) is 0 Å². The quantitative estimate of drug-likeness (QED) is 0.536. The van der Waals surface area contributed by atoms with Crippen LogP contribution in [-0.2, 0) is 4.74 Å². The van der Waals surface area contributed by atoms with Crippen LogP contribution >= 0.6 is 0 Å². The zero-order valence-corrected chi connectivity index (χ0v) is 8.88. The van der Waals surface area contributed by atoms with Gasteiger partial charge in [-0.3, -0.25) is 4.90 Å². The molecule has 1 amide bonds. The van der Waals surface area contributed by atoms with Gasteiger partial charge >= 0.3 is 6.09 Å². The van der Waals surface area contributed by atoms with Crippen molar-refractivity contribution >= 4 is 17.5 Å². The monoisotopic (exact) mass is 220 g/mol. The molecule has 1 aromatic rings. The first-order valence-corrected chi connectivity index (χ1v) is 4.93. The number of para-hydroxylation sites is 1. The summed E-state index contributed by atoms with van der Waals surface area (Å²) in [4.78, 5) is 13.1. The Morgan fingerprint density at radius 1 is 1.50 bits per heavy atom. The van der Waals surface area contributed by atoms with Crippen LogP contribution in [0.3, 0.4) is 0 Å². The van der Waals surface area contributed by atoms with Crippen molar-refractivity contribution in [2.24, 2.45) is 5.16 Å². The van der Waals surface area contributed by atoms with Gasteiger partial charge in [0.2, 0.25) is 0 Å². The van der Waals surface area contributed by atoms with Crippen LogP contribution in [0.25, 0.3) is 0 Å². The van der Waals surface area contributed by atoms with Crippen LogP contribution in [0.1, 0.15) is 12.0 Å². The van der Waals surface area contributed by atoms with E-state index in [1.807, 2.05) is 18.2 Å². The Hall–Kier alpha value is -2.04. The Kier molecular flexibility index (Phi) is 2.76. The van der Waals surface area contributed by atoms with Gasteiger partial charge in [0.1, 0.15) is 0 Å². The third-order valence-electron chi connectivity index (χ3n) is 2.59. The van der Waals surface area contributed by atoms with Crippen LogP contribution in [0.5, 0.6) is 0 Å². The summed E-state index contributed by atoms with van der Waals surface area (Å²) in [5.41, 5.74) is 2.07. The van der Waals surface area contributed by atoms with Crippen LogP contribution in [0, 0.1) is 0 Å². The highest BCUT2D eigenvalue weighted by molar-refractivity contribution is 6.10. The number of methoxy groups -OCH3 is 1. The van der Waals surface area contributed by atoms with E-state index in [1.165, 1.54) is 12.0 Å². The number of carbonyl (C=O) groups excluding carboxylic acids is 1. The molecule has 0 aliphatic carbocycles. The third-order valence-corrected chi connectivity index (χ3v) is 2.59. The van der Waals surface area contributed by atoms with E-state index in [0.29, 0.717) is 24.4 Å². The lowest BCUT2D eigenvalue weighted by molar-refractivity contribution is 0.178. The minimum Gasteiger partial charge on any atom is -0.452 e. The smallest absolute Gasteiger partial charge is 0.414 e. The van der Waals surface area contributed by atoms with E-state index in [0.717, 1.165) is 5.56 Å². The predicted molar refractivity (Wildman–Crippen MR) is 59.1 cm³/mol. The largest absolute Gasteiger partial charge is 0.452 e. The van der Waals surface area contributed by atoms with Crippen molar-refractivity contribution in [1.29, 1.82) is 0 Å². The first kappa shape index (κ1) is 10.5. The number of nitrogens with zero attached hydrogens (tertiary/aromatic N) is 2. The summed E-state index contributed by atoms with van der Waals surface area (Å²) in [7, 11) is 1.35. The van der Waals surface area contributed by atoms with Crippen LogP contribution in [0.4, 0.5) is 10.5 Å². The minimum atomic E-state index is -0.399. The third kappa shape index (κ3) is 1.60. The van der Waals surface area contributed by atoms with E-state index >= 15 is 0 Å². The molecular formula is C11H12N2O3. The molecule has 0 bridgehead atoms. The Bertz CT molecular complexity index is 443. The number of amides is 1. The average molecular weight is 220 g/mol. The van der Waals surface area contributed by atoms with Gasteiger partial charge < -0.3 is 9.94 Å². The molecule has 1 N–H and O–H groups in total. The summed E-state index contributed by atoms with van der Waals surface area (Å²) in [5.74, 6) is 0. The number of ether oxygens (including phenoxy) is 1. The molecule has 0 saturated carbocycles. The molecule has 2 rings (SSSR count). The Morgan fingerprint density at radius 3 is 2.94 bits per heavy atom. The Balaban J connectivity index is 2.47. The highest BCUT2D eigenvalue weighted by atomic mass is 16.5. The van der Waals surface area contributed by atoms with Gasteiger partial charge in [-0.2, -0.15) is 0 Å². The van der Waals surface area contributed by atoms with Gasteiger partial charge in [-0.05, 0) is 6.07 Å². The molecule has 0 saturated heterocycles. The van der Waals surface area contributed by atoms with E-state index in [4.69, 9.17) is 9.94 Å². The molecule has 0 unspecified atom stereocenters. The molecule has 16 heavy (non-hydrogen) atoms. The maximum absolute atomic E-state index is 11.5. The number of fused-ring (bicyclic) bond motifs is 1. The summed E-state index contributed by atoms with van der Waals surface area (Å²) in [6.07, 6.45) is 0.118. The molecule has 0 aromatic heterocycles. The molecule has 0 spiro atoms. The summed E-state index contributed by atoms with van der Waals surface area (Å²) in [6, 6.07) is 7.29. The molecule has 1 aliphatic rings. The fraction of sp³-hybridized carbons (Fsp3) is 0.273. The van der Waals surface area contributed by atoms with Crippen molar-refractivity contribution in [3.63, 3.8) is 0 Å². The second kappa shape index (κ2) is 4.22. The number of rotatable bonds is 0. The van der Waals surface area contributed by atoms with E-state index in [2.05, 4.69) is 5.16 Å². The minimum absolute atomic E-state index is 0.399. The van der Waals surface area contributed by atoms with E-state index < -0.39 is 6.09 Å². The molecule has 5 heteroatoms. The molecule has 0 fully saturated rings. The summed E-state index contributed by atoms with van der Waals surface area (Å²) in [6.45, 7) is 0.461. The number of benzene rings is 1. The summed E-state index contributed by atoms with van der Waals surface area (Å²) in [5, 5.41) is 12.1. The number of carbonyl (C=O) groups is 1. The summed E-state index contributed by atoms with van der Waals surface area (Å²) >= 11 is 0. The van der Waals surface area contributed by atoms with Crippen molar-refractivity contribution < 1.29 is 14.7 Å². The number of hydrogen-bond donors (Lipinski definition) is 1. The van der Waals surface area contributed by atoms with E-state index in [1.54, 1.807) is 6.07 Å². The molecule has 0 radical (unpaired) electrons. The molecule has 84 valence electrons.